The fraction of sp³-hybridized carbons (Fsp3) is 0.250. The van der Waals surface area contributed by atoms with Crippen LogP contribution in [0, 0.1) is 6.92 Å². The molecule has 0 radical (unpaired) electrons. The van der Waals surface area contributed by atoms with E-state index in [0.717, 1.165) is 11.1 Å². The first-order valence-corrected chi connectivity index (χ1v) is 8.94. The zero-order valence-corrected chi connectivity index (χ0v) is 15.5. The molecule has 2 aromatic carbocycles. The molecule has 0 saturated heterocycles. The van der Waals surface area contributed by atoms with Crippen LogP contribution in [0.4, 0.5) is 18.9 Å². The van der Waals surface area contributed by atoms with E-state index in [9.17, 15) is 18.3 Å². The number of alkyl halides is 3. The Bertz CT molecular complexity index is 1030. The summed E-state index contributed by atoms with van der Waals surface area (Å²) < 4.78 is 42.5. The molecule has 150 valence electrons. The standard InChI is InChI=1S/C20H18F3N5O/c1-14-7-9-17(10-8-14)28-19(29,20(21,22)23)11-16(25-28)12-27-13-18(24-26-27)15-5-3-2-4-6-15/h2-10,13,29H,11-12H2,1H3. The predicted molar refractivity (Wildman–Crippen MR) is 102 cm³/mol. The number of benzene rings is 2. The van der Waals surface area contributed by atoms with Gasteiger partial charge in [0.1, 0.15) is 5.69 Å². The van der Waals surface area contributed by atoms with E-state index in [4.69, 9.17) is 0 Å². The van der Waals surface area contributed by atoms with Gasteiger partial charge in [-0.25, -0.2) is 9.69 Å². The summed E-state index contributed by atoms with van der Waals surface area (Å²) in [5.74, 6) is 0. The van der Waals surface area contributed by atoms with Gasteiger partial charge in [-0.05, 0) is 19.1 Å². The lowest BCUT2D eigenvalue weighted by Crippen LogP contribution is -2.55. The quantitative estimate of drug-likeness (QED) is 0.723. The van der Waals surface area contributed by atoms with Crippen molar-refractivity contribution in [1.82, 2.24) is 15.0 Å². The first-order chi connectivity index (χ1) is 13.8. The van der Waals surface area contributed by atoms with Crippen molar-refractivity contribution in [3.63, 3.8) is 0 Å². The van der Waals surface area contributed by atoms with Gasteiger partial charge in [0.2, 0.25) is 0 Å². The van der Waals surface area contributed by atoms with E-state index < -0.39 is 18.3 Å². The fourth-order valence-corrected chi connectivity index (χ4v) is 3.19. The first-order valence-electron chi connectivity index (χ1n) is 8.94. The van der Waals surface area contributed by atoms with Crippen molar-refractivity contribution in [2.75, 3.05) is 5.01 Å². The Balaban J connectivity index is 1.62. The molecule has 3 aromatic rings. The maximum absolute atomic E-state index is 13.7. The third-order valence-corrected chi connectivity index (χ3v) is 4.73. The number of halogens is 3. The summed E-state index contributed by atoms with van der Waals surface area (Å²) in [6.07, 6.45) is -3.93. The van der Waals surface area contributed by atoms with E-state index in [2.05, 4.69) is 15.4 Å². The molecule has 0 saturated carbocycles. The van der Waals surface area contributed by atoms with Crippen molar-refractivity contribution in [3.05, 3.63) is 66.4 Å². The molecule has 9 heteroatoms. The first kappa shape index (κ1) is 19.1. The minimum atomic E-state index is -4.89. The summed E-state index contributed by atoms with van der Waals surface area (Å²) in [4.78, 5) is 0. The van der Waals surface area contributed by atoms with Crippen molar-refractivity contribution < 1.29 is 18.3 Å². The summed E-state index contributed by atoms with van der Waals surface area (Å²) in [6.45, 7) is 1.81. The second-order valence-corrected chi connectivity index (χ2v) is 6.97. The fourth-order valence-electron chi connectivity index (χ4n) is 3.19. The highest BCUT2D eigenvalue weighted by Crippen LogP contribution is 2.42. The van der Waals surface area contributed by atoms with Crippen LogP contribution in [0.1, 0.15) is 12.0 Å². The molecule has 0 fully saturated rings. The lowest BCUT2D eigenvalue weighted by Gasteiger charge is -2.34. The molecule has 0 spiro atoms. The molecule has 1 atom stereocenters. The highest BCUT2D eigenvalue weighted by molar-refractivity contribution is 5.89. The van der Waals surface area contributed by atoms with Crippen LogP contribution < -0.4 is 5.01 Å². The molecule has 4 rings (SSSR count). The monoisotopic (exact) mass is 401 g/mol. The molecule has 29 heavy (non-hydrogen) atoms. The average Bonchev–Trinajstić information content (AvgIpc) is 3.28. The Labute approximate surface area is 164 Å². The van der Waals surface area contributed by atoms with Crippen LogP contribution in [0.2, 0.25) is 0 Å². The van der Waals surface area contributed by atoms with Gasteiger partial charge in [-0.1, -0.05) is 53.2 Å². The smallest absolute Gasteiger partial charge is 0.362 e. The van der Waals surface area contributed by atoms with Gasteiger partial charge in [-0.15, -0.1) is 5.10 Å². The summed E-state index contributed by atoms with van der Waals surface area (Å²) in [5, 5.41) is 23.2. The van der Waals surface area contributed by atoms with E-state index in [0.29, 0.717) is 10.7 Å². The highest BCUT2D eigenvalue weighted by atomic mass is 19.4. The molecular weight excluding hydrogens is 383 g/mol. The molecular formula is C20H18F3N5O. The normalized spacial score (nSPS) is 19.5. The minimum absolute atomic E-state index is 0.0133. The van der Waals surface area contributed by atoms with E-state index >= 15 is 0 Å². The Kier molecular flexibility index (Phi) is 4.62. The van der Waals surface area contributed by atoms with Gasteiger partial charge in [-0.2, -0.15) is 18.3 Å². The number of anilines is 1. The van der Waals surface area contributed by atoms with Crippen LogP contribution in [-0.4, -0.2) is 37.7 Å². The number of nitrogens with zero attached hydrogens (tertiary/aromatic N) is 5. The van der Waals surface area contributed by atoms with Crippen molar-refractivity contribution in [2.24, 2.45) is 5.10 Å². The lowest BCUT2D eigenvalue weighted by atomic mass is 10.1. The summed E-state index contributed by atoms with van der Waals surface area (Å²) >= 11 is 0. The summed E-state index contributed by atoms with van der Waals surface area (Å²) in [6, 6.07) is 15.7. The molecule has 2 heterocycles. The Morgan fingerprint density at radius 1 is 1.07 bits per heavy atom. The minimum Gasteiger partial charge on any atom is -0.362 e. The topological polar surface area (TPSA) is 66.5 Å². The largest absolute Gasteiger partial charge is 0.438 e. The SMILES string of the molecule is Cc1ccc(N2N=C(Cn3cc(-c4ccccc4)nn3)CC2(O)C(F)(F)F)cc1. The van der Waals surface area contributed by atoms with Crippen LogP contribution in [0.5, 0.6) is 0 Å². The molecule has 1 N–H and O–H groups in total. The maximum atomic E-state index is 13.7. The van der Waals surface area contributed by atoms with E-state index in [-0.39, 0.29) is 17.9 Å². The molecule has 6 nitrogen and oxygen atoms in total. The van der Waals surface area contributed by atoms with Gasteiger partial charge in [0.05, 0.1) is 24.1 Å². The summed E-state index contributed by atoms with van der Waals surface area (Å²) in [7, 11) is 0. The van der Waals surface area contributed by atoms with Gasteiger partial charge >= 0.3 is 6.18 Å². The van der Waals surface area contributed by atoms with Crippen molar-refractivity contribution in [3.8, 4) is 11.3 Å². The third kappa shape index (κ3) is 3.61. The van der Waals surface area contributed by atoms with Gasteiger partial charge in [0.25, 0.3) is 5.72 Å². The second-order valence-electron chi connectivity index (χ2n) is 6.97. The molecule has 1 aliphatic heterocycles. The van der Waals surface area contributed by atoms with E-state index in [1.54, 1.807) is 18.3 Å². The van der Waals surface area contributed by atoms with Crippen molar-refractivity contribution >= 4 is 11.4 Å². The Morgan fingerprint density at radius 2 is 1.76 bits per heavy atom. The van der Waals surface area contributed by atoms with Crippen LogP contribution >= 0.6 is 0 Å². The number of hydrogen-bond donors (Lipinski definition) is 1. The van der Waals surface area contributed by atoms with Gasteiger partial charge in [0.15, 0.2) is 0 Å². The van der Waals surface area contributed by atoms with Crippen LogP contribution in [-0.2, 0) is 6.54 Å². The van der Waals surface area contributed by atoms with E-state index in [1.807, 2.05) is 37.3 Å². The number of aryl methyl sites for hydroxylation is 1. The van der Waals surface area contributed by atoms with Gasteiger partial charge in [-0.3, -0.25) is 0 Å². The highest BCUT2D eigenvalue weighted by Gasteiger charge is 2.61. The van der Waals surface area contributed by atoms with Crippen molar-refractivity contribution in [1.29, 1.82) is 0 Å². The average molecular weight is 401 g/mol. The predicted octanol–water partition coefficient (Wildman–Crippen LogP) is 3.77. The number of hydrazone groups is 1. The Hall–Kier alpha value is -3.20. The zero-order valence-electron chi connectivity index (χ0n) is 15.5. The van der Waals surface area contributed by atoms with E-state index in [1.165, 1.54) is 16.8 Å². The van der Waals surface area contributed by atoms with Crippen LogP contribution in [0.15, 0.2) is 65.9 Å². The number of rotatable bonds is 4. The van der Waals surface area contributed by atoms with Crippen LogP contribution in [0.3, 0.4) is 0 Å². The number of aliphatic hydroxyl groups is 1. The zero-order chi connectivity index (χ0) is 20.6. The maximum Gasteiger partial charge on any atom is 0.438 e. The van der Waals surface area contributed by atoms with Crippen molar-refractivity contribution in [2.45, 2.75) is 31.8 Å². The van der Waals surface area contributed by atoms with Gasteiger partial charge in [0, 0.05) is 12.0 Å². The number of aromatic nitrogens is 3. The summed E-state index contributed by atoms with van der Waals surface area (Å²) in [5.41, 5.74) is -0.459. The van der Waals surface area contributed by atoms with Crippen LogP contribution in [0.25, 0.3) is 11.3 Å². The molecule has 0 amide bonds. The second kappa shape index (κ2) is 7.00. The number of hydrogen-bond acceptors (Lipinski definition) is 5. The molecule has 1 aromatic heterocycles. The molecule has 0 bridgehead atoms. The Morgan fingerprint density at radius 3 is 2.41 bits per heavy atom. The molecule has 1 aliphatic rings. The molecule has 0 aliphatic carbocycles. The van der Waals surface area contributed by atoms with Gasteiger partial charge < -0.3 is 5.11 Å². The lowest BCUT2D eigenvalue weighted by molar-refractivity contribution is -0.254. The molecule has 1 unspecified atom stereocenters. The third-order valence-electron chi connectivity index (χ3n) is 4.73.